The summed E-state index contributed by atoms with van der Waals surface area (Å²) in [4.78, 5) is 23.3. The van der Waals surface area contributed by atoms with Crippen molar-refractivity contribution < 1.29 is 23.5 Å². The molecule has 2 rings (SSSR count). The van der Waals surface area contributed by atoms with Gasteiger partial charge in [-0.25, -0.2) is 9.18 Å². The van der Waals surface area contributed by atoms with Crippen LogP contribution < -0.4 is 15.2 Å². The Kier molecular flexibility index (Phi) is 5.58. The first kappa shape index (κ1) is 17.2. The molecule has 1 aromatic rings. The Balaban J connectivity index is 2.47. The number of alkyl halides is 1. The second-order valence-corrected chi connectivity index (χ2v) is 5.75. The van der Waals surface area contributed by atoms with Crippen LogP contribution >= 0.6 is 0 Å². The Morgan fingerprint density at radius 2 is 2.00 bits per heavy atom. The van der Waals surface area contributed by atoms with Crippen molar-refractivity contribution in [2.24, 2.45) is 11.7 Å². The molecule has 1 unspecified atom stereocenters. The Morgan fingerprint density at radius 3 is 2.52 bits per heavy atom. The molecule has 0 heterocycles. The molecular formula is C17H22FNO4. The van der Waals surface area contributed by atoms with E-state index in [-0.39, 0.29) is 29.4 Å². The molecule has 1 aromatic carbocycles. The zero-order chi connectivity index (χ0) is 17.0. The van der Waals surface area contributed by atoms with Crippen molar-refractivity contribution in [3.63, 3.8) is 0 Å². The summed E-state index contributed by atoms with van der Waals surface area (Å²) in [5.41, 5.74) is 5.72. The summed E-state index contributed by atoms with van der Waals surface area (Å²) in [6, 6.07) is 3.02. The number of nitrogens with two attached hydrogens (primary N) is 1. The van der Waals surface area contributed by atoms with Crippen molar-refractivity contribution in [1.29, 1.82) is 0 Å². The fraction of sp³-hybridized carbons (Fsp3) is 0.529. The van der Waals surface area contributed by atoms with Crippen LogP contribution in [0.1, 0.15) is 49.9 Å². The average Bonchev–Trinajstić information content (AvgIpc) is 3.32. The van der Waals surface area contributed by atoms with Crippen LogP contribution in [0.4, 0.5) is 9.18 Å². The number of ether oxygens (including phenoxy) is 2. The van der Waals surface area contributed by atoms with Gasteiger partial charge < -0.3 is 15.2 Å². The van der Waals surface area contributed by atoms with Gasteiger partial charge in [0.05, 0.1) is 7.11 Å². The lowest BCUT2D eigenvalue weighted by molar-refractivity contribution is -0.119. The van der Waals surface area contributed by atoms with Crippen LogP contribution in [0, 0.1) is 5.92 Å². The number of rotatable bonds is 8. The summed E-state index contributed by atoms with van der Waals surface area (Å²) in [5.74, 6) is 0.527. The number of Topliss-reactive ketones (excluding diaryl/α,β-unsaturated/α-hetero) is 1. The van der Waals surface area contributed by atoms with E-state index in [0.29, 0.717) is 24.2 Å². The number of hydrogen-bond acceptors (Lipinski definition) is 4. The lowest BCUT2D eigenvalue weighted by Gasteiger charge is -2.19. The van der Waals surface area contributed by atoms with Gasteiger partial charge in [0.15, 0.2) is 0 Å². The predicted octanol–water partition coefficient (Wildman–Crippen LogP) is 3.49. The van der Waals surface area contributed by atoms with Crippen LogP contribution in [-0.2, 0) is 11.2 Å². The Morgan fingerprint density at radius 1 is 1.35 bits per heavy atom. The SMILES string of the molecule is CCCC(F)c1c(OC)ccc(OC(N)=O)c1CC(=O)C1CC1. The molecule has 1 amide bonds. The van der Waals surface area contributed by atoms with Crippen LogP contribution in [0.2, 0.25) is 0 Å². The van der Waals surface area contributed by atoms with Gasteiger partial charge in [-0.1, -0.05) is 13.3 Å². The highest BCUT2D eigenvalue weighted by molar-refractivity contribution is 5.86. The summed E-state index contributed by atoms with van der Waals surface area (Å²) in [7, 11) is 1.44. The van der Waals surface area contributed by atoms with Crippen molar-refractivity contribution in [1.82, 2.24) is 0 Å². The predicted molar refractivity (Wildman–Crippen MR) is 83.4 cm³/mol. The Bertz CT molecular complexity index is 599. The summed E-state index contributed by atoms with van der Waals surface area (Å²) in [6.45, 7) is 1.87. The van der Waals surface area contributed by atoms with E-state index in [0.717, 1.165) is 12.8 Å². The van der Waals surface area contributed by atoms with Crippen LogP contribution in [0.15, 0.2) is 12.1 Å². The molecule has 23 heavy (non-hydrogen) atoms. The lowest BCUT2D eigenvalue weighted by Crippen LogP contribution is -2.19. The van der Waals surface area contributed by atoms with E-state index in [1.807, 2.05) is 6.92 Å². The maximum absolute atomic E-state index is 14.7. The van der Waals surface area contributed by atoms with Crippen LogP contribution in [0.25, 0.3) is 0 Å². The van der Waals surface area contributed by atoms with E-state index in [9.17, 15) is 14.0 Å². The van der Waals surface area contributed by atoms with E-state index in [4.69, 9.17) is 15.2 Å². The minimum atomic E-state index is -1.30. The second kappa shape index (κ2) is 7.44. The fourth-order valence-corrected chi connectivity index (χ4v) is 2.65. The van der Waals surface area contributed by atoms with Crippen molar-refractivity contribution in [2.45, 2.75) is 45.2 Å². The maximum Gasteiger partial charge on any atom is 0.409 e. The van der Waals surface area contributed by atoms with Gasteiger partial charge in [-0.3, -0.25) is 4.79 Å². The van der Waals surface area contributed by atoms with Gasteiger partial charge in [0.25, 0.3) is 0 Å². The van der Waals surface area contributed by atoms with Crippen LogP contribution in [0.3, 0.4) is 0 Å². The van der Waals surface area contributed by atoms with Gasteiger partial charge in [-0.05, 0) is 31.4 Å². The molecule has 1 saturated carbocycles. The molecule has 1 aliphatic carbocycles. The summed E-state index contributed by atoms with van der Waals surface area (Å²) in [5, 5.41) is 0. The first-order valence-corrected chi connectivity index (χ1v) is 7.81. The fourth-order valence-electron chi connectivity index (χ4n) is 2.65. The second-order valence-electron chi connectivity index (χ2n) is 5.75. The van der Waals surface area contributed by atoms with E-state index < -0.39 is 12.3 Å². The quantitative estimate of drug-likeness (QED) is 0.794. The molecule has 0 bridgehead atoms. The third-order valence-corrected chi connectivity index (χ3v) is 3.94. The molecule has 6 heteroatoms. The normalized spacial score (nSPS) is 15.1. The first-order chi connectivity index (χ1) is 11.0. The average molecular weight is 323 g/mol. The topological polar surface area (TPSA) is 78.6 Å². The molecule has 0 saturated heterocycles. The highest BCUT2D eigenvalue weighted by atomic mass is 19.1. The number of primary amides is 1. The number of ketones is 1. The van der Waals surface area contributed by atoms with E-state index in [1.54, 1.807) is 0 Å². The van der Waals surface area contributed by atoms with Gasteiger partial charge in [0.2, 0.25) is 0 Å². The molecule has 1 aliphatic rings. The summed E-state index contributed by atoms with van der Waals surface area (Å²) in [6.07, 6.45) is 0.378. The van der Waals surface area contributed by atoms with Gasteiger partial charge in [-0.2, -0.15) is 0 Å². The number of carbonyl (C=O) groups excluding carboxylic acids is 2. The highest BCUT2D eigenvalue weighted by Gasteiger charge is 2.32. The van der Waals surface area contributed by atoms with Gasteiger partial charge >= 0.3 is 6.09 Å². The van der Waals surface area contributed by atoms with Crippen LogP contribution in [-0.4, -0.2) is 19.0 Å². The van der Waals surface area contributed by atoms with Gasteiger partial charge in [0, 0.05) is 23.5 Å². The third-order valence-electron chi connectivity index (χ3n) is 3.94. The van der Waals surface area contributed by atoms with Crippen molar-refractivity contribution in [3.8, 4) is 11.5 Å². The minimum absolute atomic E-state index is 0.0178. The molecule has 0 spiro atoms. The number of amides is 1. The minimum Gasteiger partial charge on any atom is -0.496 e. The van der Waals surface area contributed by atoms with Gasteiger partial charge in [-0.15, -0.1) is 0 Å². The lowest BCUT2D eigenvalue weighted by atomic mass is 9.93. The molecule has 2 N–H and O–H groups in total. The number of methoxy groups -OCH3 is 1. The number of benzene rings is 1. The number of carbonyl (C=O) groups is 2. The first-order valence-electron chi connectivity index (χ1n) is 7.81. The molecule has 0 radical (unpaired) electrons. The largest absolute Gasteiger partial charge is 0.496 e. The van der Waals surface area contributed by atoms with E-state index in [1.165, 1.54) is 19.2 Å². The van der Waals surface area contributed by atoms with E-state index in [2.05, 4.69) is 0 Å². The molecule has 126 valence electrons. The highest BCUT2D eigenvalue weighted by Crippen LogP contribution is 2.41. The van der Waals surface area contributed by atoms with E-state index >= 15 is 0 Å². The maximum atomic E-state index is 14.7. The molecule has 0 aliphatic heterocycles. The standard InChI is InChI=1S/C17H22FNO4/c1-3-4-12(18)16-11(9-13(20)10-5-6-10)14(23-17(19)21)7-8-15(16)22-2/h7-8,10,12H,3-6,9H2,1-2H3,(H2,19,21). The number of halogens is 1. The molecule has 1 fully saturated rings. The third kappa shape index (κ3) is 4.21. The molecule has 1 atom stereocenters. The molecular weight excluding hydrogens is 301 g/mol. The Labute approximate surface area is 134 Å². The monoisotopic (exact) mass is 323 g/mol. The van der Waals surface area contributed by atoms with Crippen molar-refractivity contribution in [2.75, 3.05) is 7.11 Å². The zero-order valence-corrected chi connectivity index (χ0v) is 13.4. The van der Waals surface area contributed by atoms with Crippen LogP contribution in [0.5, 0.6) is 11.5 Å². The smallest absolute Gasteiger partial charge is 0.409 e. The van der Waals surface area contributed by atoms with Crippen molar-refractivity contribution >= 4 is 11.9 Å². The summed E-state index contributed by atoms with van der Waals surface area (Å²) >= 11 is 0. The Hall–Kier alpha value is -2.11. The summed E-state index contributed by atoms with van der Waals surface area (Å²) < 4.78 is 24.9. The molecule has 0 aromatic heterocycles. The van der Waals surface area contributed by atoms with Gasteiger partial charge in [0.1, 0.15) is 23.5 Å². The van der Waals surface area contributed by atoms with Crippen molar-refractivity contribution in [3.05, 3.63) is 23.3 Å². The number of hydrogen-bond donors (Lipinski definition) is 1. The zero-order valence-electron chi connectivity index (χ0n) is 13.4. The molecule has 5 nitrogen and oxygen atoms in total.